The van der Waals surface area contributed by atoms with Crippen LogP contribution < -0.4 is 10.6 Å². The maximum absolute atomic E-state index is 12.2. The average Bonchev–Trinajstić information content (AvgIpc) is 2.50. The molecule has 1 amide bonds. The van der Waals surface area contributed by atoms with Gasteiger partial charge in [0.1, 0.15) is 0 Å². The Morgan fingerprint density at radius 3 is 2.25 bits per heavy atom. The Hall–Kier alpha value is -2.15. The number of rotatable bonds is 3. The van der Waals surface area contributed by atoms with Gasteiger partial charge >= 0.3 is 5.97 Å². The maximum Gasteiger partial charge on any atom is 0.335 e. The lowest BCUT2D eigenvalue weighted by molar-refractivity contribution is 0.0696. The van der Waals surface area contributed by atoms with E-state index in [1.165, 1.54) is 12.1 Å². The summed E-state index contributed by atoms with van der Waals surface area (Å²) in [6.07, 6.45) is 0. The number of benzene rings is 2. The first-order chi connectivity index (χ1) is 11.3. The molecule has 2 aromatic rings. The number of carboxylic acids is 1. The number of halogens is 2. The highest BCUT2D eigenvalue weighted by molar-refractivity contribution is 7.80. The van der Waals surface area contributed by atoms with Crippen LogP contribution in [0.3, 0.4) is 0 Å². The summed E-state index contributed by atoms with van der Waals surface area (Å²) in [5.41, 5.74) is 1.46. The molecule has 0 unspecified atom stereocenters. The smallest absolute Gasteiger partial charge is 0.335 e. The predicted molar refractivity (Wildman–Crippen MR) is 98.3 cm³/mol. The van der Waals surface area contributed by atoms with Gasteiger partial charge in [0.25, 0.3) is 5.91 Å². The van der Waals surface area contributed by atoms with Crippen molar-refractivity contribution in [1.82, 2.24) is 5.32 Å². The van der Waals surface area contributed by atoms with Gasteiger partial charge < -0.3 is 10.4 Å². The number of carboxylic acid groups (broad SMARTS) is 1. The molecule has 0 aromatic heterocycles. The van der Waals surface area contributed by atoms with Crippen LogP contribution in [-0.2, 0) is 0 Å². The van der Waals surface area contributed by atoms with E-state index in [1.807, 2.05) is 19.1 Å². The van der Waals surface area contributed by atoms with Crippen LogP contribution in [0, 0.1) is 6.92 Å². The van der Waals surface area contributed by atoms with Gasteiger partial charge in [-0.1, -0.05) is 41.4 Å². The number of hydrogen-bond acceptors (Lipinski definition) is 3. The highest BCUT2D eigenvalue weighted by Crippen LogP contribution is 2.31. The molecule has 24 heavy (non-hydrogen) atoms. The molecule has 0 atom stereocenters. The summed E-state index contributed by atoms with van der Waals surface area (Å²) in [7, 11) is 0. The fraction of sp³-hybridized carbons (Fsp3) is 0.0625. The molecule has 0 saturated heterocycles. The summed E-state index contributed by atoms with van der Waals surface area (Å²) in [5, 5.41) is 14.3. The van der Waals surface area contributed by atoms with E-state index in [2.05, 4.69) is 10.6 Å². The first kappa shape index (κ1) is 18.2. The first-order valence-corrected chi connectivity index (χ1v) is 7.86. The molecule has 2 rings (SSSR count). The van der Waals surface area contributed by atoms with Crippen molar-refractivity contribution in [1.29, 1.82) is 0 Å². The fourth-order valence-electron chi connectivity index (χ4n) is 1.96. The summed E-state index contributed by atoms with van der Waals surface area (Å²) in [4.78, 5) is 23.1. The minimum atomic E-state index is -1.15. The Morgan fingerprint density at radius 2 is 1.71 bits per heavy atom. The van der Waals surface area contributed by atoms with Gasteiger partial charge in [-0.15, -0.1) is 0 Å². The highest BCUT2D eigenvalue weighted by atomic mass is 35.5. The number of carbonyl (C=O) groups excluding carboxylic acids is 1. The second kappa shape index (κ2) is 7.61. The topological polar surface area (TPSA) is 78.4 Å². The largest absolute Gasteiger partial charge is 0.478 e. The van der Waals surface area contributed by atoms with Gasteiger partial charge in [0.15, 0.2) is 5.11 Å². The number of hydrogen-bond donors (Lipinski definition) is 3. The fourth-order valence-corrected chi connectivity index (χ4v) is 2.74. The second-order valence-corrected chi connectivity index (χ2v) is 6.07. The van der Waals surface area contributed by atoms with Crippen LogP contribution in [0.25, 0.3) is 0 Å². The molecule has 0 aliphatic rings. The van der Waals surface area contributed by atoms with Crippen LogP contribution in [0.5, 0.6) is 0 Å². The van der Waals surface area contributed by atoms with Gasteiger partial charge in [0, 0.05) is 5.56 Å². The number of aromatic carboxylic acids is 1. The highest BCUT2D eigenvalue weighted by Gasteiger charge is 2.15. The monoisotopic (exact) mass is 382 g/mol. The van der Waals surface area contributed by atoms with Crippen molar-refractivity contribution < 1.29 is 14.7 Å². The summed E-state index contributed by atoms with van der Waals surface area (Å²) in [6.45, 7) is 1.81. The molecule has 8 heteroatoms. The molecule has 2 aromatic carbocycles. The quantitative estimate of drug-likeness (QED) is 0.695. The molecule has 124 valence electrons. The van der Waals surface area contributed by atoms with E-state index < -0.39 is 5.97 Å². The molecule has 0 saturated carbocycles. The molecule has 0 radical (unpaired) electrons. The molecule has 0 bridgehead atoms. The van der Waals surface area contributed by atoms with E-state index in [0.29, 0.717) is 5.56 Å². The van der Waals surface area contributed by atoms with Crippen molar-refractivity contribution in [2.75, 3.05) is 5.32 Å². The molecule has 0 fully saturated rings. The zero-order valence-corrected chi connectivity index (χ0v) is 14.7. The Bertz CT molecular complexity index is 817. The molecule has 3 N–H and O–H groups in total. The molecule has 0 spiro atoms. The lowest BCUT2D eigenvalue weighted by atomic mass is 10.1. The molecule has 5 nitrogen and oxygen atoms in total. The lowest BCUT2D eigenvalue weighted by Gasteiger charge is -2.13. The SMILES string of the molecule is Cc1ccccc1C(=O)NC(=S)Nc1c(Cl)cc(C(=O)O)cc1Cl. The number of carbonyl (C=O) groups is 2. The summed E-state index contributed by atoms with van der Waals surface area (Å²) >= 11 is 17.1. The van der Waals surface area contributed by atoms with Gasteiger partial charge in [-0.3, -0.25) is 10.1 Å². The Labute approximate surface area is 153 Å². The van der Waals surface area contributed by atoms with Gasteiger partial charge in [-0.05, 0) is 42.9 Å². The van der Waals surface area contributed by atoms with Crippen LogP contribution >= 0.6 is 35.4 Å². The Morgan fingerprint density at radius 1 is 1.12 bits per heavy atom. The van der Waals surface area contributed by atoms with Crippen LogP contribution in [0.1, 0.15) is 26.3 Å². The Balaban J connectivity index is 2.14. The van der Waals surface area contributed by atoms with Gasteiger partial charge in [0.05, 0.1) is 21.3 Å². The van der Waals surface area contributed by atoms with E-state index in [-0.39, 0.29) is 32.3 Å². The normalized spacial score (nSPS) is 10.1. The van der Waals surface area contributed by atoms with Crippen LogP contribution in [0.2, 0.25) is 10.0 Å². The van der Waals surface area contributed by atoms with Crippen molar-refractivity contribution in [3.05, 3.63) is 63.1 Å². The Kier molecular flexibility index (Phi) is 5.77. The van der Waals surface area contributed by atoms with E-state index >= 15 is 0 Å². The molecule has 0 heterocycles. The number of thiocarbonyl (C=S) groups is 1. The first-order valence-electron chi connectivity index (χ1n) is 6.70. The maximum atomic E-state index is 12.2. The predicted octanol–water partition coefficient (Wildman–Crippen LogP) is 4.13. The van der Waals surface area contributed by atoms with E-state index in [1.54, 1.807) is 12.1 Å². The third-order valence-corrected chi connectivity index (χ3v) is 3.94. The molecule has 0 aliphatic carbocycles. The van der Waals surface area contributed by atoms with Crippen molar-refractivity contribution in [3.8, 4) is 0 Å². The molecular weight excluding hydrogens is 371 g/mol. The van der Waals surface area contributed by atoms with E-state index in [4.69, 9.17) is 40.5 Å². The lowest BCUT2D eigenvalue weighted by Crippen LogP contribution is -2.34. The van der Waals surface area contributed by atoms with Crippen LogP contribution in [0.4, 0.5) is 5.69 Å². The standard InChI is InChI=1S/C16H12Cl2N2O3S/c1-8-4-2-3-5-10(8)14(21)20-16(24)19-13-11(17)6-9(15(22)23)7-12(13)18/h2-7H,1H3,(H,22,23)(H2,19,20,21,24). The molecular formula is C16H12Cl2N2O3S. The van der Waals surface area contributed by atoms with Crippen molar-refractivity contribution in [3.63, 3.8) is 0 Å². The summed E-state index contributed by atoms with van der Waals surface area (Å²) < 4.78 is 0. The molecule has 0 aliphatic heterocycles. The van der Waals surface area contributed by atoms with Crippen molar-refractivity contribution >= 4 is 58.1 Å². The number of aryl methyl sites for hydroxylation is 1. The van der Waals surface area contributed by atoms with Crippen molar-refractivity contribution in [2.24, 2.45) is 0 Å². The van der Waals surface area contributed by atoms with Gasteiger partial charge in [-0.25, -0.2) is 4.79 Å². The van der Waals surface area contributed by atoms with Crippen LogP contribution in [0.15, 0.2) is 36.4 Å². The zero-order chi connectivity index (χ0) is 17.9. The van der Waals surface area contributed by atoms with E-state index in [0.717, 1.165) is 5.56 Å². The van der Waals surface area contributed by atoms with Gasteiger partial charge in [0.2, 0.25) is 0 Å². The minimum absolute atomic E-state index is 0.00451. The third-order valence-electron chi connectivity index (χ3n) is 3.14. The zero-order valence-electron chi connectivity index (χ0n) is 12.4. The van der Waals surface area contributed by atoms with E-state index in [9.17, 15) is 9.59 Å². The summed E-state index contributed by atoms with van der Waals surface area (Å²) in [6, 6.07) is 9.54. The summed E-state index contributed by atoms with van der Waals surface area (Å²) in [5.74, 6) is -1.53. The number of amides is 1. The van der Waals surface area contributed by atoms with Gasteiger partial charge in [-0.2, -0.15) is 0 Å². The average molecular weight is 383 g/mol. The van der Waals surface area contributed by atoms with Crippen LogP contribution in [-0.4, -0.2) is 22.1 Å². The number of anilines is 1. The van der Waals surface area contributed by atoms with Crippen molar-refractivity contribution in [2.45, 2.75) is 6.92 Å². The number of nitrogens with one attached hydrogen (secondary N) is 2. The third kappa shape index (κ3) is 4.23. The second-order valence-electron chi connectivity index (χ2n) is 4.84. The minimum Gasteiger partial charge on any atom is -0.478 e.